The number of amides is 1. The molecule has 0 aromatic heterocycles. The van der Waals surface area contributed by atoms with Crippen LogP contribution in [-0.4, -0.2) is 60.7 Å². The average molecular weight is 335 g/mol. The number of hydrogen-bond donors (Lipinski definition) is 0. The van der Waals surface area contributed by atoms with Crippen molar-refractivity contribution < 1.29 is 27.5 Å². The Morgan fingerprint density at radius 1 is 1.00 bits per heavy atom. The summed E-state index contributed by atoms with van der Waals surface area (Å²) in [6.07, 6.45) is -0.545. The molecule has 0 N–H and O–H groups in total. The Morgan fingerprint density at radius 2 is 1.45 bits per heavy atom. The van der Waals surface area contributed by atoms with Gasteiger partial charge in [-0.05, 0) is 41.5 Å². The molecule has 0 spiro atoms. The van der Waals surface area contributed by atoms with E-state index in [-0.39, 0.29) is 13.1 Å². The maximum absolute atomic E-state index is 12.1. The zero-order valence-corrected chi connectivity index (χ0v) is 14.8. The number of esters is 1. The smallest absolute Gasteiger partial charge is 0.410 e. The quantitative estimate of drug-likeness (QED) is 0.724. The highest BCUT2D eigenvalue weighted by atomic mass is 32.2. The molecule has 1 heterocycles. The molecule has 1 fully saturated rings. The number of nitrogens with zero attached hydrogens (tertiary/aromatic N) is 1. The molecular weight excluding hydrogens is 310 g/mol. The summed E-state index contributed by atoms with van der Waals surface area (Å²) in [4.78, 5) is 24.7. The van der Waals surface area contributed by atoms with Crippen LogP contribution in [0.25, 0.3) is 0 Å². The Bertz CT molecular complexity index is 535. The van der Waals surface area contributed by atoms with Crippen molar-refractivity contribution in [2.45, 2.75) is 58.0 Å². The molecule has 1 aliphatic rings. The molecule has 8 heteroatoms. The Kier molecular flexibility index (Phi) is 5.16. The van der Waals surface area contributed by atoms with Gasteiger partial charge in [-0.15, -0.1) is 0 Å². The summed E-state index contributed by atoms with van der Waals surface area (Å²) in [7, 11) is -3.63. The number of carbonyl (C=O) groups excluding carboxylic acids is 2. The van der Waals surface area contributed by atoms with Crippen LogP contribution in [0, 0.1) is 0 Å². The van der Waals surface area contributed by atoms with Crippen LogP contribution in [0.15, 0.2) is 0 Å². The van der Waals surface area contributed by atoms with E-state index in [0.29, 0.717) is 0 Å². The second-order valence-electron chi connectivity index (χ2n) is 7.40. The lowest BCUT2D eigenvalue weighted by Crippen LogP contribution is -2.58. The third-order valence-electron chi connectivity index (χ3n) is 2.75. The van der Waals surface area contributed by atoms with Crippen LogP contribution in [0.4, 0.5) is 4.79 Å². The first-order valence-electron chi connectivity index (χ1n) is 7.11. The van der Waals surface area contributed by atoms with Crippen LogP contribution >= 0.6 is 0 Å². The average Bonchev–Trinajstić information content (AvgIpc) is 2.04. The van der Waals surface area contributed by atoms with E-state index in [1.807, 2.05) is 0 Å². The lowest BCUT2D eigenvalue weighted by molar-refractivity contribution is -0.151. The summed E-state index contributed by atoms with van der Waals surface area (Å²) >= 11 is 0. The van der Waals surface area contributed by atoms with Crippen molar-refractivity contribution in [3.63, 3.8) is 0 Å². The molecule has 1 saturated heterocycles. The van der Waals surface area contributed by atoms with Gasteiger partial charge in [0, 0.05) is 13.1 Å². The lowest BCUT2D eigenvalue weighted by Gasteiger charge is -2.39. The lowest BCUT2D eigenvalue weighted by atomic mass is 10.2. The van der Waals surface area contributed by atoms with Crippen LogP contribution in [0.3, 0.4) is 0 Å². The minimum Gasteiger partial charge on any atom is -0.459 e. The van der Waals surface area contributed by atoms with E-state index in [9.17, 15) is 18.0 Å². The normalized spacial score (nSPS) is 16.9. The highest BCUT2D eigenvalue weighted by molar-refractivity contribution is 7.92. The molecule has 0 bridgehead atoms. The van der Waals surface area contributed by atoms with Crippen LogP contribution in [-0.2, 0) is 24.1 Å². The Hall–Kier alpha value is -1.31. The standard InChI is InChI=1S/C14H25NO6S/c1-13(2,3)20-11(16)9-22(18,19)10-7-15(8-10)12(17)21-14(4,5)6/h10H,7-9H2,1-6H3. The molecule has 7 nitrogen and oxygen atoms in total. The van der Waals surface area contributed by atoms with E-state index in [0.717, 1.165) is 0 Å². The molecule has 0 aromatic carbocycles. The van der Waals surface area contributed by atoms with Gasteiger partial charge in [0.15, 0.2) is 9.84 Å². The Morgan fingerprint density at radius 3 is 1.86 bits per heavy atom. The summed E-state index contributed by atoms with van der Waals surface area (Å²) in [5.74, 6) is -1.44. The maximum Gasteiger partial charge on any atom is 0.410 e. The predicted molar refractivity (Wildman–Crippen MR) is 81.2 cm³/mol. The third-order valence-corrected chi connectivity index (χ3v) is 4.70. The minimum atomic E-state index is -3.63. The first-order valence-corrected chi connectivity index (χ1v) is 8.82. The summed E-state index contributed by atoms with van der Waals surface area (Å²) in [5, 5.41) is -0.743. The minimum absolute atomic E-state index is 0.0417. The summed E-state index contributed by atoms with van der Waals surface area (Å²) in [6.45, 7) is 10.3. The van der Waals surface area contributed by atoms with Gasteiger partial charge in [0.2, 0.25) is 0 Å². The molecule has 128 valence electrons. The second-order valence-corrected chi connectivity index (χ2v) is 9.68. The van der Waals surface area contributed by atoms with Crippen LogP contribution < -0.4 is 0 Å². The number of likely N-dealkylation sites (tertiary alicyclic amines) is 1. The first kappa shape index (κ1) is 18.7. The SMILES string of the molecule is CC(C)(C)OC(=O)CS(=O)(=O)C1CN(C(=O)OC(C)(C)C)C1. The van der Waals surface area contributed by atoms with Gasteiger partial charge in [0.1, 0.15) is 17.0 Å². The molecule has 0 aromatic rings. The predicted octanol–water partition coefficient (Wildman–Crippen LogP) is 1.36. The molecule has 0 aliphatic carbocycles. The van der Waals surface area contributed by atoms with E-state index in [2.05, 4.69) is 0 Å². The molecule has 0 unspecified atom stereocenters. The fourth-order valence-electron chi connectivity index (χ4n) is 1.79. The third kappa shape index (κ3) is 5.82. The highest BCUT2D eigenvalue weighted by Crippen LogP contribution is 2.21. The van der Waals surface area contributed by atoms with Crippen molar-refractivity contribution in [1.29, 1.82) is 0 Å². The van der Waals surface area contributed by atoms with Gasteiger partial charge in [-0.1, -0.05) is 0 Å². The van der Waals surface area contributed by atoms with Crippen molar-refractivity contribution in [2.24, 2.45) is 0 Å². The van der Waals surface area contributed by atoms with E-state index < -0.39 is 44.1 Å². The van der Waals surface area contributed by atoms with Gasteiger partial charge < -0.3 is 14.4 Å². The van der Waals surface area contributed by atoms with Gasteiger partial charge in [-0.3, -0.25) is 4.79 Å². The molecule has 22 heavy (non-hydrogen) atoms. The summed E-state index contributed by atoms with van der Waals surface area (Å²) in [6, 6.07) is 0. The second kappa shape index (κ2) is 6.06. The molecular formula is C14H25NO6S. The van der Waals surface area contributed by atoms with Gasteiger partial charge in [-0.25, -0.2) is 13.2 Å². The van der Waals surface area contributed by atoms with Crippen molar-refractivity contribution in [2.75, 3.05) is 18.8 Å². The van der Waals surface area contributed by atoms with Crippen LogP contribution in [0.2, 0.25) is 0 Å². The van der Waals surface area contributed by atoms with Crippen molar-refractivity contribution in [1.82, 2.24) is 4.90 Å². The van der Waals surface area contributed by atoms with Gasteiger partial charge in [-0.2, -0.15) is 0 Å². The number of carbonyl (C=O) groups is 2. The summed E-state index contributed by atoms with van der Waals surface area (Å²) < 4.78 is 34.3. The molecule has 1 amide bonds. The van der Waals surface area contributed by atoms with Crippen LogP contribution in [0.5, 0.6) is 0 Å². The van der Waals surface area contributed by atoms with Gasteiger partial charge in [0.05, 0.1) is 5.25 Å². The van der Waals surface area contributed by atoms with Gasteiger partial charge in [0.25, 0.3) is 0 Å². The zero-order valence-electron chi connectivity index (χ0n) is 14.0. The van der Waals surface area contributed by atoms with Crippen molar-refractivity contribution >= 4 is 21.9 Å². The maximum atomic E-state index is 12.1. The van der Waals surface area contributed by atoms with Gasteiger partial charge >= 0.3 is 12.1 Å². The van der Waals surface area contributed by atoms with E-state index in [1.54, 1.807) is 41.5 Å². The Balaban J connectivity index is 2.51. The number of rotatable bonds is 3. The van der Waals surface area contributed by atoms with E-state index >= 15 is 0 Å². The summed E-state index contributed by atoms with van der Waals surface area (Å²) in [5.41, 5.74) is -1.35. The van der Waals surface area contributed by atoms with E-state index in [1.165, 1.54) is 4.90 Å². The molecule has 1 aliphatic heterocycles. The van der Waals surface area contributed by atoms with E-state index in [4.69, 9.17) is 9.47 Å². The number of ether oxygens (including phenoxy) is 2. The molecule has 0 atom stereocenters. The molecule has 0 saturated carbocycles. The van der Waals surface area contributed by atoms with Crippen molar-refractivity contribution in [3.8, 4) is 0 Å². The van der Waals surface area contributed by atoms with Crippen molar-refractivity contribution in [3.05, 3.63) is 0 Å². The largest absolute Gasteiger partial charge is 0.459 e. The number of hydrogen-bond acceptors (Lipinski definition) is 6. The first-order chi connectivity index (χ1) is 9.70. The monoisotopic (exact) mass is 335 g/mol. The number of sulfone groups is 1. The zero-order chi connectivity index (χ0) is 17.3. The Labute approximate surface area is 131 Å². The topological polar surface area (TPSA) is 90.0 Å². The fraction of sp³-hybridized carbons (Fsp3) is 0.857. The fourth-order valence-corrected chi connectivity index (χ4v) is 3.23. The molecule has 1 rings (SSSR count). The highest BCUT2D eigenvalue weighted by Gasteiger charge is 2.42. The van der Waals surface area contributed by atoms with Crippen LogP contribution in [0.1, 0.15) is 41.5 Å². The molecule has 0 radical (unpaired) electrons.